The number of aromatic nitrogens is 5. The summed E-state index contributed by atoms with van der Waals surface area (Å²) in [5.74, 6) is 3.18. The van der Waals surface area contributed by atoms with E-state index in [9.17, 15) is 0 Å². The molecular formula is C16H22N6O. The van der Waals surface area contributed by atoms with Crippen molar-refractivity contribution in [3.63, 3.8) is 0 Å². The zero-order chi connectivity index (χ0) is 15.8. The molecule has 0 unspecified atom stereocenters. The molecule has 2 aliphatic rings. The molecule has 0 radical (unpaired) electrons. The monoisotopic (exact) mass is 314 g/mol. The summed E-state index contributed by atoms with van der Waals surface area (Å²) in [6.45, 7) is 5.92. The summed E-state index contributed by atoms with van der Waals surface area (Å²) in [5, 5.41) is 12.8. The molecule has 0 bridgehead atoms. The summed E-state index contributed by atoms with van der Waals surface area (Å²) in [6, 6.07) is 0. The van der Waals surface area contributed by atoms with Crippen molar-refractivity contribution in [2.75, 3.05) is 18.0 Å². The van der Waals surface area contributed by atoms with Crippen LogP contribution in [0.5, 0.6) is 0 Å². The van der Waals surface area contributed by atoms with Crippen LogP contribution in [0.2, 0.25) is 0 Å². The average molecular weight is 314 g/mol. The molecule has 1 aliphatic carbocycles. The molecule has 1 aliphatic heterocycles. The Morgan fingerprint density at radius 2 is 1.83 bits per heavy atom. The Bertz CT molecular complexity index is 696. The summed E-state index contributed by atoms with van der Waals surface area (Å²) in [4.78, 5) is 11.5. The molecule has 0 N–H and O–H groups in total. The van der Waals surface area contributed by atoms with E-state index < -0.39 is 0 Å². The summed E-state index contributed by atoms with van der Waals surface area (Å²) < 4.78 is 5.47. The highest BCUT2D eigenvalue weighted by Crippen LogP contribution is 2.39. The summed E-state index contributed by atoms with van der Waals surface area (Å²) in [7, 11) is 0. The highest BCUT2D eigenvalue weighted by molar-refractivity contribution is 5.33. The quantitative estimate of drug-likeness (QED) is 0.837. The van der Waals surface area contributed by atoms with E-state index in [1.807, 2.05) is 0 Å². The van der Waals surface area contributed by atoms with Crippen molar-refractivity contribution in [2.45, 2.75) is 57.8 Å². The summed E-state index contributed by atoms with van der Waals surface area (Å²) in [6.07, 6.45) is 5.14. The first-order valence-corrected chi connectivity index (χ1v) is 8.59. The zero-order valence-electron chi connectivity index (χ0n) is 13.7. The summed E-state index contributed by atoms with van der Waals surface area (Å²) in [5.41, 5.74) is 2.05. The van der Waals surface area contributed by atoms with Gasteiger partial charge in [-0.05, 0) is 32.1 Å². The van der Waals surface area contributed by atoms with Crippen molar-refractivity contribution >= 4 is 5.95 Å². The van der Waals surface area contributed by atoms with Gasteiger partial charge in [-0.1, -0.05) is 19.0 Å². The molecule has 7 nitrogen and oxygen atoms in total. The van der Waals surface area contributed by atoms with E-state index in [-0.39, 0.29) is 5.92 Å². The van der Waals surface area contributed by atoms with E-state index in [4.69, 9.17) is 9.51 Å². The smallest absolute Gasteiger partial charge is 0.245 e. The Labute approximate surface area is 135 Å². The standard InChI is InChI=1S/C16H22N6O/c1-3-12-13(4-2)19-20-16(17-12)22-8-7-11(9-22)15-18-14(21-23-15)10-5-6-10/h10-11H,3-9H2,1-2H3/t11-/m1/s1. The maximum absolute atomic E-state index is 5.47. The van der Waals surface area contributed by atoms with Gasteiger partial charge < -0.3 is 9.42 Å². The Balaban J connectivity index is 1.48. The topological polar surface area (TPSA) is 80.8 Å². The van der Waals surface area contributed by atoms with Gasteiger partial charge in [-0.3, -0.25) is 0 Å². The molecule has 0 aromatic carbocycles. The predicted octanol–water partition coefficient (Wildman–Crippen LogP) is 2.25. The SMILES string of the molecule is CCc1nnc(N2CC[C@@H](c3nc(C4CC4)no3)C2)nc1CC. The van der Waals surface area contributed by atoms with E-state index in [0.29, 0.717) is 5.92 Å². The maximum Gasteiger partial charge on any atom is 0.245 e. The molecular weight excluding hydrogens is 292 g/mol. The third-order valence-corrected chi connectivity index (χ3v) is 4.72. The first-order valence-electron chi connectivity index (χ1n) is 8.59. The maximum atomic E-state index is 5.47. The van der Waals surface area contributed by atoms with Crippen LogP contribution in [-0.4, -0.2) is 38.4 Å². The van der Waals surface area contributed by atoms with Crippen LogP contribution in [-0.2, 0) is 12.8 Å². The van der Waals surface area contributed by atoms with Crippen LogP contribution in [0.1, 0.15) is 68.0 Å². The van der Waals surface area contributed by atoms with Crippen molar-refractivity contribution in [3.8, 4) is 0 Å². The molecule has 3 heterocycles. The molecule has 0 amide bonds. The van der Waals surface area contributed by atoms with Gasteiger partial charge in [-0.15, -0.1) is 5.10 Å². The first kappa shape index (κ1) is 14.5. The normalized spacial score (nSPS) is 21.1. The van der Waals surface area contributed by atoms with Crippen molar-refractivity contribution in [2.24, 2.45) is 0 Å². The van der Waals surface area contributed by atoms with Gasteiger partial charge in [0.25, 0.3) is 0 Å². The van der Waals surface area contributed by atoms with Crippen LogP contribution < -0.4 is 4.90 Å². The molecule has 2 aromatic rings. The van der Waals surface area contributed by atoms with Gasteiger partial charge in [0.15, 0.2) is 5.82 Å². The Morgan fingerprint density at radius 3 is 2.57 bits per heavy atom. The molecule has 2 aromatic heterocycles. The highest BCUT2D eigenvalue weighted by Gasteiger charge is 2.33. The molecule has 1 atom stereocenters. The average Bonchev–Trinajstić information content (AvgIpc) is 3.13. The fraction of sp³-hybridized carbons (Fsp3) is 0.688. The van der Waals surface area contributed by atoms with Gasteiger partial charge in [0.2, 0.25) is 11.8 Å². The minimum Gasteiger partial charge on any atom is -0.339 e. The van der Waals surface area contributed by atoms with Crippen molar-refractivity contribution in [1.82, 2.24) is 25.3 Å². The molecule has 23 heavy (non-hydrogen) atoms. The van der Waals surface area contributed by atoms with Gasteiger partial charge in [-0.2, -0.15) is 10.1 Å². The second-order valence-corrected chi connectivity index (χ2v) is 6.41. The van der Waals surface area contributed by atoms with Gasteiger partial charge in [0.1, 0.15) is 0 Å². The van der Waals surface area contributed by atoms with E-state index >= 15 is 0 Å². The van der Waals surface area contributed by atoms with Crippen LogP contribution in [0.3, 0.4) is 0 Å². The number of nitrogens with zero attached hydrogens (tertiary/aromatic N) is 6. The zero-order valence-corrected chi connectivity index (χ0v) is 13.7. The third kappa shape index (κ3) is 2.80. The van der Waals surface area contributed by atoms with E-state index in [2.05, 4.69) is 39.1 Å². The molecule has 7 heteroatoms. The lowest BCUT2D eigenvalue weighted by atomic mass is 10.1. The molecule has 2 fully saturated rings. The number of anilines is 1. The second kappa shape index (κ2) is 5.86. The summed E-state index contributed by atoms with van der Waals surface area (Å²) >= 11 is 0. The molecule has 0 spiro atoms. The van der Waals surface area contributed by atoms with Crippen LogP contribution >= 0.6 is 0 Å². The largest absolute Gasteiger partial charge is 0.339 e. The van der Waals surface area contributed by atoms with Crippen LogP contribution in [0.15, 0.2) is 4.52 Å². The molecule has 122 valence electrons. The van der Waals surface area contributed by atoms with E-state index in [0.717, 1.165) is 61.4 Å². The van der Waals surface area contributed by atoms with E-state index in [1.54, 1.807) is 0 Å². The fourth-order valence-electron chi connectivity index (χ4n) is 3.13. The minimum absolute atomic E-state index is 0.273. The molecule has 4 rings (SSSR count). The number of hydrogen-bond acceptors (Lipinski definition) is 7. The van der Waals surface area contributed by atoms with Crippen LogP contribution in [0, 0.1) is 0 Å². The predicted molar refractivity (Wildman–Crippen MR) is 84.4 cm³/mol. The van der Waals surface area contributed by atoms with Gasteiger partial charge >= 0.3 is 0 Å². The number of rotatable bonds is 5. The second-order valence-electron chi connectivity index (χ2n) is 6.41. The Hall–Kier alpha value is -2.05. The van der Waals surface area contributed by atoms with Crippen molar-refractivity contribution < 1.29 is 4.52 Å². The van der Waals surface area contributed by atoms with Gasteiger partial charge in [-0.25, -0.2) is 4.98 Å². The van der Waals surface area contributed by atoms with Crippen molar-refractivity contribution in [3.05, 3.63) is 23.1 Å². The highest BCUT2D eigenvalue weighted by atomic mass is 16.5. The first-order chi connectivity index (χ1) is 11.3. The lowest BCUT2D eigenvalue weighted by Gasteiger charge is -2.16. The Kier molecular flexibility index (Phi) is 3.71. The molecule has 1 saturated carbocycles. The van der Waals surface area contributed by atoms with Crippen molar-refractivity contribution in [1.29, 1.82) is 0 Å². The van der Waals surface area contributed by atoms with Crippen LogP contribution in [0.25, 0.3) is 0 Å². The molecule has 1 saturated heterocycles. The van der Waals surface area contributed by atoms with E-state index in [1.165, 1.54) is 12.8 Å². The number of aryl methyl sites for hydroxylation is 2. The van der Waals surface area contributed by atoms with Gasteiger partial charge in [0, 0.05) is 19.0 Å². The minimum atomic E-state index is 0.273. The Morgan fingerprint density at radius 1 is 1.00 bits per heavy atom. The van der Waals surface area contributed by atoms with Gasteiger partial charge in [0.05, 0.1) is 17.3 Å². The third-order valence-electron chi connectivity index (χ3n) is 4.72. The lowest BCUT2D eigenvalue weighted by molar-refractivity contribution is 0.355. The lowest BCUT2D eigenvalue weighted by Crippen LogP contribution is -2.23. The fourth-order valence-corrected chi connectivity index (χ4v) is 3.13. The number of hydrogen-bond donors (Lipinski definition) is 0. The van der Waals surface area contributed by atoms with Crippen LogP contribution in [0.4, 0.5) is 5.95 Å².